The summed E-state index contributed by atoms with van der Waals surface area (Å²) in [5.74, 6) is 0.202. The van der Waals surface area contributed by atoms with E-state index in [2.05, 4.69) is 41.5 Å². The first-order valence-electron chi connectivity index (χ1n) is 6.93. The van der Waals surface area contributed by atoms with Gasteiger partial charge in [-0.15, -0.1) is 0 Å². The van der Waals surface area contributed by atoms with Crippen LogP contribution in [-0.2, 0) is 13.0 Å². The number of benzene rings is 1. The topological polar surface area (TPSA) is 65.5 Å². The molecule has 1 aromatic heterocycles. The standard InChI is InChI=1S/C16H17N3O2/c1-11-2-4-12(5-3-11)10-17-14-7-6-13-8-9-19(21)16(20)15(13)18-14/h2-7,21H,8-10H2,1H3,(H,17,18). The van der Waals surface area contributed by atoms with E-state index in [1.54, 1.807) is 0 Å². The number of aromatic nitrogens is 1. The smallest absolute Gasteiger partial charge is 0.296 e. The molecule has 1 amide bonds. The van der Waals surface area contributed by atoms with Gasteiger partial charge < -0.3 is 5.32 Å². The number of rotatable bonds is 3. The molecule has 0 radical (unpaired) electrons. The fourth-order valence-electron chi connectivity index (χ4n) is 2.32. The van der Waals surface area contributed by atoms with Crippen LogP contribution in [-0.4, -0.2) is 27.7 Å². The molecule has 0 spiro atoms. The number of aryl methyl sites for hydroxylation is 1. The zero-order valence-electron chi connectivity index (χ0n) is 11.8. The fraction of sp³-hybridized carbons (Fsp3) is 0.250. The van der Waals surface area contributed by atoms with Crippen molar-refractivity contribution in [3.8, 4) is 0 Å². The van der Waals surface area contributed by atoms with Crippen molar-refractivity contribution >= 4 is 11.7 Å². The molecule has 1 aromatic carbocycles. The Hall–Kier alpha value is -2.40. The molecule has 0 aliphatic carbocycles. The van der Waals surface area contributed by atoms with Crippen molar-refractivity contribution in [3.05, 3.63) is 58.8 Å². The number of hydrogen-bond donors (Lipinski definition) is 2. The van der Waals surface area contributed by atoms with E-state index in [1.165, 1.54) is 5.56 Å². The predicted octanol–water partition coefficient (Wildman–Crippen LogP) is 2.39. The Balaban J connectivity index is 1.75. The zero-order chi connectivity index (χ0) is 14.8. The molecule has 5 nitrogen and oxygen atoms in total. The molecule has 0 bridgehead atoms. The minimum absolute atomic E-state index is 0.323. The van der Waals surface area contributed by atoms with Gasteiger partial charge in [-0.1, -0.05) is 35.9 Å². The van der Waals surface area contributed by atoms with E-state index in [0.29, 0.717) is 31.0 Å². The second-order valence-corrected chi connectivity index (χ2v) is 5.22. The number of amides is 1. The summed E-state index contributed by atoms with van der Waals surface area (Å²) in [5, 5.41) is 13.4. The lowest BCUT2D eigenvalue weighted by atomic mass is 10.1. The van der Waals surface area contributed by atoms with E-state index < -0.39 is 5.91 Å². The largest absolute Gasteiger partial charge is 0.366 e. The quantitative estimate of drug-likeness (QED) is 0.849. The van der Waals surface area contributed by atoms with Crippen LogP contribution >= 0.6 is 0 Å². The summed E-state index contributed by atoms with van der Waals surface area (Å²) in [6.07, 6.45) is 0.628. The highest BCUT2D eigenvalue weighted by Crippen LogP contribution is 2.18. The van der Waals surface area contributed by atoms with Crippen LogP contribution in [0, 0.1) is 6.92 Å². The van der Waals surface area contributed by atoms with Crippen molar-refractivity contribution in [2.45, 2.75) is 19.9 Å². The average Bonchev–Trinajstić information content (AvgIpc) is 2.51. The van der Waals surface area contributed by atoms with Crippen LogP contribution in [0.25, 0.3) is 0 Å². The highest BCUT2D eigenvalue weighted by molar-refractivity contribution is 5.94. The molecule has 0 atom stereocenters. The summed E-state index contributed by atoms with van der Waals surface area (Å²) in [6, 6.07) is 12.0. The maximum absolute atomic E-state index is 11.9. The third-order valence-electron chi connectivity index (χ3n) is 3.60. The van der Waals surface area contributed by atoms with Crippen molar-refractivity contribution in [1.82, 2.24) is 10.0 Å². The molecule has 108 valence electrons. The minimum atomic E-state index is -0.435. The Bertz CT molecular complexity index is 668. The first-order valence-corrected chi connectivity index (χ1v) is 6.93. The molecule has 0 saturated heterocycles. The van der Waals surface area contributed by atoms with Gasteiger partial charge in [0.15, 0.2) is 0 Å². The van der Waals surface area contributed by atoms with Crippen molar-refractivity contribution < 1.29 is 10.0 Å². The normalized spacial score (nSPS) is 14.0. The van der Waals surface area contributed by atoms with E-state index in [-0.39, 0.29) is 0 Å². The fourth-order valence-corrected chi connectivity index (χ4v) is 2.32. The van der Waals surface area contributed by atoms with Crippen molar-refractivity contribution in [1.29, 1.82) is 0 Å². The summed E-state index contributed by atoms with van der Waals surface area (Å²) >= 11 is 0. The lowest BCUT2D eigenvalue weighted by Gasteiger charge is -2.22. The van der Waals surface area contributed by atoms with Gasteiger partial charge in [-0.25, -0.2) is 10.0 Å². The summed E-state index contributed by atoms with van der Waals surface area (Å²) in [6.45, 7) is 3.02. The van der Waals surface area contributed by atoms with Crippen molar-refractivity contribution in [3.63, 3.8) is 0 Å². The molecule has 2 aromatic rings. The van der Waals surface area contributed by atoms with Gasteiger partial charge in [-0.05, 0) is 30.5 Å². The second-order valence-electron chi connectivity index (χ2n) is 5.22. The molecule has 2 N–H and O–H groups in total. The molecule has 0 saturated carbocycles. The molecule has 21 heavy (non-hydrogen) atoms. The van der Waals surface area contributed by atoms with Gasteiger partial charge in [0.25, 0.3) is 5.91 Å². The van der Waals surface area contributed by atoms with Crippen LogP contribution < -0.4 is 5.32 Å². The van der Waals surface area contributed by atoms with Crippen LogP contribution in [0.4, 0.5) is 5.82 Å². The van der Waals surface area contributed by atoms with Crippen molar-refractivity contribution in [2.75, 3.05) is 11.9 Å². The molecule has 0 fully saturated rings. The minimum Gasteiger partial charge on any atom is -0.366 e. The Kier molecular flexibility index (Phi) is 3.58. The van der Waals surface area contributed by atoms with Gasteiger partial charge in [0, 0.05) is 6.54 Å². The Morgan fingerprint density at radius 1 is 1.24 bits per heavy atom. The van der Waals surface area contributed by atoms with Gasteiger partial charge >= 0.3 is 0 Å². The van der Waals surface area contributed by atoms with Crippen LogP contribution in [0.15, 0.2) is 36.4 Å². The molecular weight excluding hydrogens is 266 g/mol. The van der Waals surface area contributed by atoms with Crippen LogP contribution in [0.1, 0.15) is 27.2 Å². The van der Waals surface area contributed by atoms with E-state index in [4.69, 9.17) is 0 Å². The number of fused-ring (bicyclic) bond motifs is 1. The molecule has 2 heterocycles. The number of carbonyl (C=O) groups excluding carboxylic acids is 1. The maximum atomic E-state index is 11.9. The molecule has 1 aliphatic rings. The van der Waals surface area contributed by atoms with Gasteiger partial charge in [0.2, 0.25) is 0 Å². The zero-order valence-corrected chi connectivity index (χ0v) is 11.8. The van der Waals surface area contributed by atoms with Gasteiger partial charge in [0.05, 0.1) is 6.54 Å². The lowest BCUT2D eigenvalue weighted by Crippen LogP contribution is -2.35. The molecule has 3 rings (SSSR count). The van der Waals surface area contributed by atoms with Crippen molar-refractivity contribution in [2.24, 2.45) is 0 Å². The van der Waals surface area contributed by atoms with E-state index in [1.807, 2.05) is 12.1 Å². The summed E-state index contributed by atoms with van der Waals surface area (Å²) in [4.78, 5) is 16.2. The number of hydroxylamine groups is 2. The number of pyridine rings is 1. The molecular formula is C16H17N3O2. The Morgan fingerprint density at radius 3 is 2.76 bits per heavy atom. The highest BCUT2D eigenvalue weighted by Gasteiger charge is 2.24. The third-order valence-corrected chi connectivity index (χ3v) is 3.60. The monoisotopic (exact) mass is 283 g/mol. The van der Waals surface area contributed by atoms with Gasteiger partial charge in [0.1, 0.15) is 11.5 Å². The van der Waals surface area contributed by atoms with E-state index in [0.717, 1.165) is 16.2 Å². The number of nitrogens with one attached hydrogen (secondary N) is 1. The lowest BCUT2D eigenvalue weighted by molar-refractivity contribution is -0.0607. The summed E-state index contributed by atoms with van der Waals surface area (Å²) in [5.41, 5.74) is 3.58. The van der Waals surface area contributed by atoms with Crippen LogP contribution in [0.2, 0.25) is 0 Å². The maximum Gasteiger partial charge on any atom is 0.296 e. The first kappa shape index (κ1) is 13.6. The van der Waals surface area contributed by atoms with Gasteiger partial charge in [-0.3, -0.25) is 10.0 Å². The third kappa shape index (κ3) is 2.87. The van der Waals surface area contributed by atoms with Gasteiger partial charge in [-0.2, -0.15) is 0 Å². The average molecular weight is 283 g/mol. The van der Waals surface area contributed by atoms with E-state index >= 15 is 0 Å². The SMILES string of the molecule is Cc1ccc(CNc2ccc3c(n2)C(=O)N(O)CC3)cc1. The highest BCUT2D eigenvalue weighted by atomic mass is 16.5. The first-order chi connectivity index (χ1) is 10.1. The summed E-state index contributed by atoms with van der Waals surface area (Å²) in [7, 11) is 0. The molecule has 5 heteroatoms. The number of anilines is 1. The number of hydrogen-bond acceptors (Lipinski definition) is 4. The number of carbonyl (C=O) groups is 1. The predicted molar refractivity (Wildman–Crippen MR) is 79.3 cm³/mol. The Morgan fingerprint density at radius 2 is 2.00 bits per heavy atom. The molecule has 1 aliphatic heterocycles. The van der Waals surface area contributed by atoms with Crippen LogP contribution in [0.5, 0.6) is 0 Å². The number of nitrogens with zero attached hydrogens (tertiary/aromatic N) is 2. The van der Waals surface area contributed by atoms with E-state index in [9.17, 15) is 10.0 Å². The molecule has 0 unspecified atom stereocenters. The Labute approximate surface area is 123 Å². The second kappa shape index (κ2) is 5.54. The summed E-state index contributed by atoms with van der Waals surface area (Å²) < 4.78 is 0. The van der Waals surface area contributed by atoms with Crippen LogP contribution in [0.3, 0.4) is 0 Å².